The summed E-state index contributed by atoms with van der Waals surface area (Å²) in [5.41, 5.74) is 8.98. The molecule has 2 rings (SSSR count). The average Bonchev–Trinajstić information content (AvgIpc) is 2.73. The quantitative estimate of drug-likeness (QED) is 0.636. The van der Waals surface area contributed by atoms with Crippen LogP contribution in [0.3, 0.4) is 0 Å². The lowest BCUT2D eigenvalue weighted by Gasteiger charge is -2.05. The first-order valence-corrected chi connectivity index (χ1v) is 5.74. The summed E-state index contributed by atoms with van der Waals surface area (Å²) in [6.07, 6.45) is 3.70. The Labute approximate surface area is 106 Å². The van der Waals surface area contributed by atoms with Crippen LogP contribution in [-0.2, 0) is 13.6 Å². The fourth-order valence-corrected chi connectivity index (χ4v) is 1.64. The topological polar surface area (TPSA) is 68.2 Å². The van der Waals surface area contributed by atoms with Crippen molar-refractivity contribution < 1.29 is 0 Å². The molecule has 0 amide bonds. The summed E-state index contributed by atoms with van der Waals surface area (Å²) in [5, 5.41) is 7.14. The zero-order valence-electron chi connectivity index (χ0n) is 10.6. The van der Waals surface area contributed by atoms with Gasteiger partial charge in [-0.15, -0.1) is 0 Å². The van der Waals surface area contributed by atoms with Crippen molar-refractivity contribution in [2.45, 2.75) is 13.5 Å². The second-order valence-corrected chi connectivity index (χ2v) is 4.22. The average molecular weight is 243 g/mol. The van der Waals surface area contributed by atoms with Gasteiger partial charge in [0.05, 0.1) is 12.7 Å². The number of aryl methyl sites for hydroxylation is 2. The van der Waals surface area contributed by atoms with E-state index in [9.17, 15) is 0 Å². The van der Waals surface area contributed by atoms with E-state index in [0.29, 0.717) is 12.5 Å². The summed E-state index contributed by atoms with van der Waals surface area (Å²) in [7, 11) is 1.88. The normalized spacial score (nSPS) is 11.6. The Kier molecular flexibility index (Phi) is 3.62. The molecular weight excluding hydrogens is 226 g/mol. The minimum atomic E-state index is 0.407. The van der Waals surface area contributed by atoms with E-state index in [2.05, 4.69) is 15.4 Å². The van der Waals surface area contributed by atoms with Crippen LogP contribution in [0.2, 0.25) is 0 Å². The van der Waals surface area contributed by atoms with Crippen LogP contribution in [0.15, 0.2) is 41.7 Å². The van der Waals surface area contributed by atoms with Gasteiger partial charge in [-0.2, -0.15) is 5.10 Å². The van der Waals surface area contributed by atoms with Gasteiger partial charge in [0.15, 0.2) is 5.96 Å². The molecule has 3 N–H and O–H groups in total. The standard InChI is InChI=1S/C13H17N5/c1-10-4-3-5-12(6-10)17-13(14)15-7-11-8-16-18(2)9-11/h3-6,8-9H,7H2,1-2H3,(H3,14,15,17). The highest BCUT2D eigenvalue weighted by molar-refractivity contribution is 5.92. The third-order valence-electron chi connectivity index (χ3n) is 2.48. The van der Waals surface area contributed by atoms with Gasteiger partial charge in [-0.05, 0) is 24.6 Å². The summed E-state index contributed by atoms with van der Waals surface area (Å²) in [6.45, 7) is 2.56. The maximum atomic E-state index is 5.82. The number of nitrogens with one attached hydrogen (secondary N) is 1. The van der Waals surface area contributed by atoms with Crippen molar-refractivity contribution in [3.63, 3.8) is 0 Å². The summed E-state index contributed by atoms with van der Waals surface area (Å²) in [5.74, 6) is 0.407. The van der Waals surface area contributed by atoms with Crippen LogP contribution in [0.5, 0.6) is 0 Å². The zero-order valence-corrected chi connectivity index (χ0v) is 10.6. The summed E-state index contributed by atoms with van der Waals surface area (Å²) in [4.78, 5) is 4.26. The van der Waals surface area contributed by atoms with Crippen LogP contribution in [0.25, 0.3) is 0 Å². The van der Waals surface area contributed by atoms with Crippen molar-refractivity contribution in [3.05, 3.63) is 47.8 Å². The smallest absolute Gasteiger partial charge is 0.193 e. The van der Waals surface area contributed by atoms with Gasteiger partial charge in [0.1, 0.15) is 0 Å². The SMILES string of the molecule is Cc1cccc(NC(N)=NCc2cnn(C)c2)c1. The first kappa shape index (κ1) is 12.2. The van der Waals surface area contributed by atoms with E-state index in [-0.39, 0.29) is 0 Å². The van der Waals surface area contributed by atoms with Crippen LogP contribution in [0, 0.1) is 6.92 Å². The number of hydrogen-bond donors (Lipinski definition) is 2. The first-order valence-electron chi connectivity index (χ1n) is 5.74. The largest absolute Gasteiger partial charge is 0.370 e. The van der Waals surface area contributed by atoms with Gasteiger partial charge in [0.2, 0.25) is 0 Å². The molecule has 0 bridgehead atoms. The molecule has 1 aromatic carbocycles. The number of nitrogens with two attached hydrogens (primary N) is 1. The van der Waals surface area contributed by atoms with E-state index in [4.69, 9.17) is 5.73 Å². The van der Waals surface area contributed by atoms with Crippen molar-refractivity contribution in [1.29, 1.82) is 0 Å². The predicted molar refractivity (Wildman–Crippen MR) is 73.3 cm³/mol. The molecule has 0 saturated carbocycles. The Morgan fingerprint density at radius 1 is 1.50 bits per heavy atom. The number of hydrogen-bond acceptors (Lipinski definition) is 2. The number of benzene rings is 1. The summed E-state index contributed by atoms with van der Waals surface area (Å²) < 4.78 is 1.75. The van der Waals surface area contributed by atoms with Crippen LogP contribution < -0.4 is 11.1 Å². The van der Waals surface area contributed by atoms with Gasteiger partial charge < -0.3 is 11.1 Å². The summed E-state index contributed by atoms with van der Waals surface area (Å²) >= 11 is 0. The van der Waals surface area contributed by atoms with E-state index >= 15 is 0 Å². The van der Waals surface area contributed by atoms with Gasteiger partial charge >= 0.3 is 0 Å². The van der Waals surface area contributed by atoms with Crippen LogP contribution >= 0.6 is 0 Å². The predicted octanol–water partition coefficient (Wildman–Crippen LogP) is 1.66. The lowest BCUT2D eigenvalue weighted by atomic mass is 10.2. The van der Waals surface area contributed by atoms with Crippen molar-refractivity contribution in [2.24, 2.45) is 17.8 Å². The monoisotopic (exact) mass is 243 g/mol. The molecule has 1 aromatic heterocycles. The maximum Gasteiger partial charge on any atom is 0.193 e. The van der Waals surface area contributed by atoms with Crippen molar-refractivity contribution in [1.82, 2.24) is 9.78 Å². The Morgan fingerprint density at radius 2 is 2.33 bits per heavy atom. The molecule has 94 valence electrons. The molecule has 5 nitrogen and oxygen atoms in total. The number of anilines is 1. The molecule has 0 saturated heterocycles. The van der Waals surface area contributed by atoms with Gasteiger partial charge in [0.25, 0.3) is 0 Å². The maximum absolute atomic E-state index is 5.82. The molecule has 5 heteroatoms. The third-order valence-corrected chi connectivity index (χ3v) is 2.48. The van der Waals surface area contributed by atoms with Gasteiger partial charge in [-0.1, -0.05) is 12.1 Å². The minimum absolute atomic E-state index is 0.407. The fourth-order valence-electron chi connectivity index (χ4n) is 1.64. The van der Waals surface area contributed by atoms with Gasteiger partial charge in [0, 0.05) is 24.5 Å². The fraction of sp³-hybridized carbons (Fsp3) is 0.231. The number of aromatic nitrogens is 2. The molecule has 0 aliphatic heterocycles. The zero-order chi connectivity index (χ0) is 13.0. The van der Waals surface area contributed by atoms with E-state index < -0.39 is 0 Å². The van der Waals surface area contributed by atoms with Crippen molar-refractivity contribution in [2.75, 3.05) is 5.32 Å². The molecule has 2 aromatic rings. The Bertz CT molecular complexity index is 556. The van der Waals surface area contributed by atoms with Crippen LogP contribution in [0.4, 0.5) is 5.69 Å². The molecule has 0 atom stereocenters. The molecule has 18 heavy (non-hydrogen) atoms. The van der Waals surface area contributed by atoms with Gasteiger partial charge in [-0.25, -0.2) is 4.99 Å². The second-order valence-electron chi connectivity index (χ2n) is 4.22. The minimum Gasteiger partial charge on any atom is -0.370 e. The number of rotatable bonds is 3. The number of nitrogens with zero attached hydrogens (tertiary/aromatic N) is 3. The molecular formula is C13H17N5. The first-order chi connectivity index (χ1) is 8.63. The van der Waals surface area contributed by atoms with E-state index in [1.54, 1.807) is 10.9 Å². The second kappa shape index (κ2) is 5.35. The Balaban J connectivity index is 1.97. The lowest BCUT2D eigenvalue weighted by molar-refractivity contribution is 0.767. The molecule has 0 fully saturated rings. The highest BCUT2D eigenvalue weighted by Gasteiger charge is 1.97. The molecule has 0 aliphatic rings. The third kappa shape index (κ3) is 3.35. The number of aliphatic imine (C=N–C) groups is 1. The molecule has 0 radical (unpaired) electrons. The molecule has 0 aliphatic carbocycles. The molecule has 0 spiro atoms. The summed E-state index contributed by atoms with van der Waals surface area (Å²) in [6, 6.07) is 7.99. The van der Waals surface area contributed by atoms with Crippen molar-refractivity contribution >= 4 is 11.6 Å². The Morgan fingerprint density at radius 3 is 3.00 bits per heavy atom. The highest BCUT2D eigenvalue weighted by Crippen LogP contribution is 2.09. The number of guanidine groups is 1. The van der Waals surface area contributed by atoms with Gasteiger partial charge in [-0.3, -0.25) is 4.68 Å². The lowest BCUT2D eigenvalue weighted by Crippen LogP contribution is -2.22. The molecule has 0 unspecified atom stereocenters. The van der Waals surface area contributed by atoms with E-state index in [0.717, 1.165) is 11.3 Å². The van der Waals surface area contributed by atoms with Crippen LogP contribution in [-0.4, -0.2) is 15.7 Å². The van der Waals surface area contributed by atoms with E-state index in [1.165, 1.54) is 5.56 Å². The highest BCUT2D eigenvalue weighted by atomic mass is 15.2. The van der Waals surface area contributed by atoms with E-state index in [1.807, 2.05) is 44.4 Å². The Hall–Kier alpha value is -2.30. The molecule has 1 heterocycles. The van der Waals surface area contributed by atoms with Crippen LogP contribution in [0.1, 0.15) is 11.1 Å². The van der Waals surface area contributed by atoms with Crippen molar-refractivity contribution in [3.8, 4) is 0 Å².